The van der Waals surface area contributed by atoms with Crippen LogP contribution in [-0.4, -0.2) is 77.9 Å². The van der Waals surface area contributed by atoms with Crippen molar-refractivity contribution in [1.29, 1.82) is 5.26 Å². The maximum atomic E-state index is 12.1. The number of likely N-dealkylation sites (tertiary alicyclic amines) is 2. The number of nitrogens with zero attached hydrogens (tertiary/aromatic N) is 4. The maximum Gasteiger partial charge on any atom is 0.320 e. The summed E-state index contributed by atoms with van der Waals surface area (Å²) >= 11 is 6.89. The molecular weight excluding hydrogens is 740 g/mol. The summed E-state index contributed by atoms with van der Waals surface area (Å²) in [5, 5.41) is 19.7. The lowest BCUT2D eigenvalue weighted by atomic mass is 9.79. The van der Waals surface area contributed by atoms with Crippen LogP contribution in [0.15, 0.2) is 67.0 Å². The van der Waals surface area contributed by atoms with Gasteiger partial charge in [0.15, 0.2) is 0 Å². The fourth-order valence-electron chi connectivity index (χ4n) is 8.70. The van der Waals surface area contributed by atoms with Crippen LogP contribution in [0.25, 0.3) is 11.1 Å². The first kappa shape index (κ1) is 40.5. The minimum Gasteiger partial charge on any atom is -0.493 e. The summed E-state index contributed by atoms with van der Waals surface area (Å²) in [5.41, 5.74) is 7.77. The lowest BCUT2D eigenvalue weighted by molar-refractivity contribution is -0.144. The van der Waals surface area contributed by atoms with Crippen LogP contribution in [0.5, 0.6) is 17.2 Å². The van der Waals surface area contributed by atoms with Gasteiger partial charge in [-0.15, -0.1) is 0 Å². The molecule has 4 heterocycles. The lowest BCUT2D eigenvalue weighted by Crippen LogP contribution is -2.44. The molecule has 3 saturated heterocycles. The Balaban J connectivity index is 1.04. The number of carbonyl (C=O) groups is 1. The quantitative estimate of drug-likeness (QED) is 0.117. The average Bonchev–Trinajstić information content (AvgIpc) is 3.67. The molecule has 300 valence electrons. The topological polar surface area (TPSA) is 117 Å². The zero-order valence-electron chi connectivity index (χ0n) is 33.1. The Morgan fingerprint density at radius 2 is 1.77 bits per heavy atom. The van der Waals surface area contributed by atoms with Gasteiger partial charge >= 0.3 is 5.97 Å². The van der Waals surface area contributed by atoms with Crippen LogP contribution >= 0.6 is 11.6 Å². The van der Waals surface area contributed by atoms with Crippen molar-refractivity contribution in [2.45, 2.75) is 84.6 Å². The molecule has 1 N–H and O–H groups in total. The number of aromatic nitrogens is 1. The van der Waals surface area contributed by atoms with Gasteiger partial charge in [-0.05, 0) is 111 Å². The minimum absolute atomic E-state index is 0.164. The molecular formula is C46H53ClN4O6. The molecule has 3 fully saturated rings. The van der Waals surface area contributed by atoms with E-state index in [0.29, 0.717) is 53.6 Å². The van der Waals surface area contributed by atoms with Gasteiger partial charge in [0.2, 0.25) is 0 Å². The SMILES string of the molecule is Cc1c(COc2cc(OCc3cncc(C#N)c3)c(CN3CCCC[C@H]3C(=O)O)cc2Cl)cccc1-c1cccc(OCCCN2CCCC3(CCOC3)C2)c1C. The van der Waals surface area contributed by atoms with Crippen molar-refractivity contribution >= 4 is 17.6 Å². The number of rotatable bonds is 15. The zero-order valence-corrected chi connectivity index (χ0v) is 33.9. The first-order chi connectivity index (χ1) is 27.7. The van der Waals surface area contributed by atoms with Crippen molar-refractivity contribution in [2.24, 2.45) is 5.41 Å². The van der Waals surface area contributed by atoms with Crippen molar-refractivity contribution < 1.29 is 28.8 Å². The third-order valence-electron chi connectivity index (χ3n) is 11.9. The van der Waals surface area contributed by atoms with E-state index in [1.165, 1.54) is 25.5 Å². The van der Waals surface area contributed by atoms with Crippen molar-refractivity contribution in [3.05, 3.63) is 105 Å². The summed E-state index contributed by atoms with van der Waals surface area (Å²) in [7, 11) is 0. The normalized spacial score (nSPS) is 20.0. The fourth-order valence-corrected chi connectivity index (χ4v) is 8.95. The Hall–Kier alpha value is -4.66. The van der Waals surface area contributed by atoms with Gasteiger partial charge in [0.05, 0.1) is 23.8 Å². The maximum absolute atomic E-state index is 12.1. The smallest absolute Gasteiger partial charge is 0.320 e. The summed E-state index contributed by atoms with van der Waals surface area (Å²) in [6.45, 7) is 11.5. The van der Waals surface area contributed by atoms with Crippen LogP contribution in [-0.2, 0) is 29.3 Å². The van der Waals surface area contributed by atoms with Crippen LogP contribution < -0.4 is 14.2 Å². The van der Waals surface area contributed by atoms with Gasteiger partial charge in [0, 0.05) is 61.2 Å². The summed E-state index contributed by atoms with van der Waals surface area (Å²) in [4.78, 5) is 20.8. The number of nitriles is 1. The first-order valence-corrected chi connectivity index (χ1v) is 20.6. The van der Waals surface area contributed by atoms with Gasteiger partial charge in [-0.1, -0.05) is 48.4 Å². The number of hydrogen-bond acceptors (Lipinski definition) is 9. The monoisotopic (exact) mass is 792 g/mol. The summed E-state index contributed by atoms with van der Waals surface area (Å²) in [6, 6.07) is 19.4. The summed E-state index contributed by atoms with van der Waals surface area (Å²) in [5.74, 6) is 1.07. The number of aliphatic carboxylic acids is 1. The molecule has 0 aliphatic carbocycles. The Kier molecular flexibility index (Phi) is 13.3. The standard InChI is InChI=1S/C46H53ClN4O6/c1-32-36(9-5-10-38(32)39-11-6-13-42(33(39)2)55-19-8-17-50-16-7-14-46(30-50)15-20-54-31-46)29-57-44-23-43(56-28-35-21-34(24-48)25-49-26-35)37(22-40(44)47)27-51-18-4-3-12-41(51)45(52)53/h5-6,9-11,13,21-23,25-26,41H,3-4,7-8,12,14-20,27-31H2,1-2H3,(H,52,53)/t41-,46?/m0/s1. The number of carboxylic acid groups (broad SMARTS) is 1. The van der Waals surface area contributed by atoms with Gasteiger partial charge in [-0.3, -0.25) is 14.7 Å². The van der Waals surface area contributed by atoms with E-state index in [1.54, 1.807) is 18.3 Å². The first-order valence-electron chi connectivity index (χ1n) is 20.2. The number of hydrogen-bond donors (Lipinski definition) is 1. The van der Waals surface area contributed by atoms with E-state index in [-0.39, 0.29) is 13.2 Å². The van der Waals surface area contributed by atoms with Crippen molar-refractivity contribution in [3.8, 4) is 34.4 Å². The third-order valence-corrected chi connectivity index (χ3v) is 12.2. The Morgan fingerprint density at radius 1 is 0.947 bits per heavy atom. The summed E-state index contributed by atoms with van der Waals surface area (Å²) in [6.07, 6.45) is 10.3. The number of ether oxygens (including phenoxy) is 4. The van der Waals surface area contributed by atoms with Crippen LogP contribution in [0.2, 0.25) is 5.02 Å². The Bertz CT molecular complexity index is 2080. The molecule has 1 unspecified atom stereocenters. The predicted octanol–water partition coefficient (Wildman–Crippen LogP) is 8.76. The van der Waals surface area contributed by atoms with Gasteiger partial charge in [0.25, 0.3) is 0 Å². The second-order valence-electron chi connectivity index (χ2n) is 15.9. The number of benzene rings is 3. The highest BCUT2D eigenvalue weighted by Gasteiger charge is 2.38. The van der Waals surface area contributed by atoms with Crippen LogP contribution in [0.1, 0.15) is 78.3 Å². The Morgan fingerprint density at radius 3 is 2.58 bits per heavy atom. The molecule has 10 nitrogen and oxygen atoms in total. The molecule has 4 aromatic rings. The number of piperidine rings is 2. The van der Waals surface area contributed by atoms with Crippen molar-refractivity contribution in [3.63, 3.8) is 0 Å². The second kappa shape index (κ2) is 18.7. The van der Waals surface area contributed by atoms with E-state index in [0.717, 1.165) is 96.8 Å². The molecule has 11 heteroatoms. The highest BCUT2D eigenvalue weighted by molar-refractivity contribution is 6.32. The molecule has 3 aliphatic heterocycles. The van der Waals surface area contributed by atoms with E-state index in [9.17, 15) is 15.2 Å². The van der Waals surface area contributed by atoms with E-state index in [4.69, 9.17) is 30.5 Å². The molecule has 0 amide bonds. The van der Waals surface area contributed by atoms with Gasteiger partial charge in [-0.25, -0.2) is 0 Å². The lowest BCUT2D eigenvalue weighted by Gasteiger charge is -2.39. The minimum atomic E-state index is -0.828. The molecule has 1 aromatic heterocycles. The number of halogens is 1. The van der Waals surface area contributed by atoms with Gasteiger partial charge in [-0.2, -0.15) is 5.26 Å². The molecule has 3 aromatic carbocycles. The largest absolute Gasteiger partial charge is 0.493 e. The van der Waals surface area contributed by atoms with E-state index in [2.05, 4.69) is 66.2 Å². The molecule has 0 radical (unpaired) electrons. The van der Waals surface area contributed by atoms with E-state index < -0.39 is 12.0 Å². The highest BCUT2D eigenvalue weighted by atomic mass is 35.5. The number of carboxylic acids is 1. The molecule has 1 spiro atoms. The molecule has 3 aliphatic rings. The van der Waals surface area contributed by atoms with Crippen LogP contribution in [0, 0.1) is 30.6 Å². The number of pyridine rings is 1. The molecule has 2 atom stereocenters. The van der Waals surface area contributed by atoms with E-state index >= 15 is 0 Å². The second-order valence-corrected chi connectivity index (χ2v) is 16.3. The molecule has 0 bridgehead atoms. The zero-order chi connectivity index (χ0) is 39.8. The molecule has 57 heavy (non-hydrogen) atoms. The van der Waals surface area contributed by atoms with Crippen LogP contribution in [0.4, 0.5) is 0 Å². The molecule has 7 rings (SSSR count). The molecule has 0 saturated carbocycles. The fraction of sp³-hybridized carbons (Fsp3) is 0.457. The average molecular weight is 793 g/mol. The van der Waals surface area contributed by atoms with Crippen molar-refractivity contribution in [1.82, 2.24) is 14.8 Å². The predicted molar refractivity (Wildman–Crippen MR) is 220 cm³/mol. The van der Waals surface area contributed by atoms with E-state index in [1.807, 2.05) is 11.0 Å². The highest BCUT2D eigenvalue weighted by Crippen LogP contribution is 2.39. The van der Waals surface area contributed by atoms with Crippen LogP contribution in [0.3, 0.4) is 0 Å². The van der Waals surface area contributed by atoms with Gasteiger partial charge in [0.1, 0.15) is 42.6 Å². The summed E-state index contributed by atoms with van der Waals surface area (Å²) < 4.78 is 24.9. The third kappa shape index (κ3) is 9.90. The van der Waals surface area contributed by atoms with Gasteiger partial charge < -0.3 is 29.0 Å². The Labute approximate surface area is 341 Å². The van der Waals surface area contributed by atoms with Crippen molar-refractivity contribution in [2.75, 3.05) is 46.0 Å².